The molecule has 0 N–H and O–H groups in total. The predicted molar refractivity (Wildman–Crippen MR) is 51.6 cm³/mol. The number of rotatable bonds is 5. The van der Waals surface area contributed by atoms with E-state index in [0.717, 1.165) is 0 Å². The molecule has 0 aromatic heterocycles. The Balaban J connectivity index is 3.99. The molecule has 0 amide bonds. The van der Waals surface area contributed by atoms with E-state index in [9.17, 15) is 9.59 Å². The van der Waals surface area contributed by atoms with Gasteiger partial charge in [0.2, 0.25) is 0 Å². The highest BCUT2D eigenvalue weighted by Crippen LogP contribution is 2.06. The molecule has 0 fully saturated rings. The van der Waals surface area contributed by atoms with Gasteiger partial charge in [0, 0.05) is 0 Å². The first-order valence-electron chi connectivity index (χ1n) is 4.90. The fraction of sp³-hybridized carbons (Fsp3) is 0.800. The summed E-state index contributed by atoms with van der Waals surface area (Å²) in [4.78, 5) is 22.4. The summed E-state index contributed by atoms with van der Waals surface area (Å²) >= 11 is 0. The maximum atomic E-state index is 11.3. The second-order valence-corrected chi connectivity index (χ2v) is 3.14. The Morgan fingerprint density at radius 1 is 1.14 bits per heavy atom. The Morgan fingerprint density at radius 2 is 1.71 bits per heavy atom. The maximum Gasteiger partial charge on any atom is 0.347 e. The average molecular weight is 202 g/mol. The molecule has 0 heterocycles. The van der Waals surface area contributed by atoms with Crippen LogP contribution in [0.1, 0.15) is 34.1 Å². The van der Waals surface area contributed by atoms with Gasteiger partial charge in [-0.05, 0) is 20.3 Å². The van der Waals surface area contributed by atoms with Crippen molar-refractivity contribution in [2.75, 3.05) is 6.61 Å². The first kappa shape index (κ1) is 12.9. The van der Waals surface area contributed by atoms with E-state index in [2.05, 4.69) is 0 Å². The number of esters is 2. The molecule has 0 aromatic carbocycles. The molecule has 0 aliphatic rings. The van der Waals surface area contributed by atoms with Gasteiger partial charge in [-0.3, -0.25) is 4.79 Å². The third-order valence-corrected chi connectivity index (χ3v) is 1.93. The zero-order valence-corrected chi connectivity index (χ0v) is 9.20. The Bertz CT molecular complexity index is 200. The fourth-order valence-corrected chi connectivity index (χ4v) is 0.765. The quantitative estimate of drug-likeness (QED) is 0.634. The van der Waals surface area contributed by atoms with Gasteiger partial charge in [-0.2, -0.15) is 0 Å². The van der Waals surface area contributed by atoms with Crippen LogP contribution in [0.25, 0.3) is 0 Å². The SMILES string of the molecule is CCOC(=O)C(C)OC(=O)C(C)CC. The number of hydrogen-bond donors (Lipinski definition) is 0. The summed E-state index contributed by atoms with van der Waals surface area (Å²) in [6.07, 6.45) is -0.106. The van der Waals surface area contributed by atoms with Crippen LogP contribution >= 0.6 is 0 Å². The Morgan fingerprint density at radius 3 is 2.14 bits per heavy atom. The summed E-state index contributed by atoms with van der Waals surface area (Å²) in [6, 6.07) is 0. The third-order valence-electron chi connectivity index (χ3n) is 1.93. The number of hydrogen-bond acceptors (Lipinski definition) is 4. The van der Waals surface area contributed by atoms with Gasteiger partial charge in [-0.1, -0.05) is 13.8 Å². The first-order chi connectivity index (χ1) is 6.52. The van der Waals surface area contributed by atoms with Crippen LogP contribution in [0.3, 0.4) is 0 Å². The molecule has 82 valence electrons. The minimum atomic E-state index is -0.809. The van der Waals surface area contributed by atoms with Gasteiger partial charge in [0.1, 0.15) is 0 Å². The van der Waals surface area contributed by atoms with E-state index in [-0.39, 0.29) is 11.9 Å². The van der Waals surface area contributed by atoms with Crippen LogP contribution in [0.5, 0.6) is 0 Å². The first-order valence-corrected chi connectivity index (χ1v) is 4.90. The van der Waals surface area contributed by atoms with Crippen LogP contribution in [0.4, 0.5) is 0 Å². The van der Waals surface area contributed by atoms with E-state index in [0.29, 0.717) is 13.0 Å². The van der Waals surface area contributed by atoms with Crippen molar-refractivity contribution in [3.8, 4) is 0 Å². The second kappa shape index (κ2) is 6.40. The van der Waals surface area contributed by atoms with Crippen LogP contribution in [-0.4, -0.2) is 24.6 Å². The molecule has 0 spiro atoms. The fourth-order valence-electron chi connectivity index (χ4n) is 0.765. The third kappa shape index (κ3) is 4.25. The molecule has 0 aromatic rings. The molecule has 0 aliphatic heterocycles. The highest BCUT2D eigenvalue weighted by Gasteiger charge is 2.21. The Kier molecular flexibility index (Phi) is 5.92. The van der Waals surface area contributed by atoms with E-state index in [1.54, 1.807) is 13.8 Å². The molecule has 2 unspecified atom stereocenters. The zero-order chi connectivity index (χ0) is 11.1. The lowest BCUT2D eigenvalue weighted by atomic mass is 10.1. The lowest BCUT2D eigenvalue weighted by Crippen LogP contribution is -2.28. The minimum Gasteiger partial charge on any atom is -0.463 e. The largest absolute Gasteiger partial charge is 0.463 e. The summed E-state index contributed by atoms with van der Waals surface area (Å²) in [5.74, 6) is -1.02. The molecule has 0 radical (unpaired) electrons. The van der Waals surface area contributed by atoms with Gasteiger partial charge in [0.25, 0.3) is 0 Å². The smallest absolute Gasteiger partial charge is 0.347 e. The van der Waals surface area contributed by atoms with E-state index >= 15 is 0 Å². The van der Waals surface area contributed by atoms with Crippen molar-refractivity contribution in [1.29, 1.82) is 0 Å². The van der Waals surface area contributed by atoms with Crippen LogP contribution < -0.4 is 0 Å². The molecule has 0 saturated carbocycles. The van der Waals surface area contributed by atoms with Gasteiger partial charge >= 0.3 is 11.9 Å². The topological polar surface area (TPSA) is 52.6 Å². The van der Waals surface area contributed by atoms with Crippen molar-refractivity contribution in [3.63, 3.8) is 0 Å². The molecule has 0 rings (SSSR count). The van der Waals surface area contributed by atoms with Crippen molar-refractivity contribution in [2.45, 2.75) is 40.2 Å². The highest BCUT2D eigenvalue weighted by atomic mass is 16.6. The summed E-state index contributed by atoms with van der Waals surface area (Å²) in [7, 11) is 0. The van der Waals surface area contributed by atoms with Crippen LogP contribution in [-0.2, 0) is 19.1 Å². The van der Waals surface area contributed by atoms with Gasteiger partial charge < -0.3 is 9.47 Å². The van der Waals surface area contributed by atoms with E-state index in [4.69, 9.17) is 9.47 Å². The molecule has 2 atom stereocenters. The highest BCUT2D eigenvalue weighted by molar-refractivity contribution is 5.79. The summed E-state index contributed by atoms with van der Waals surface area (Å²) in [5, 5.41) is 0. The Hall–Kier alpha value is -1.06. The normalized spacial score (nSPS) is 14.3. The second-order valence-electron chi connectivity index (χ2n) is 3.14. The van der Waals surface area contributed by atoms with Crippen molar-refractivity contribution in [2.24, 2.45) is 5.92 Å². The van der Waals surface area contributed by atoms with Crippen molar-refractivity contribution >= 4 is 11.9 Å². The summed E-state index contributed by atoms with van der Waals surface area (Å²) < 4.78 is 9.61. The van der Waals surface area contributed by atoms with Gasteiger partial charge in [0.15, 0.2) is 6.10 Å². The Labute approximate surface area is 84.6 Å². The van der Waals surface area contributed by atoms with Gasteiger partial charge in [0.05, 0.1) is 12.5 Å². The lowest BCUT2D eigenvalue weighted by molar-refractivity contribution is -0.168. The summed E-state index contributed by atoms with van der Waals surface area (Å²) in [6.45, 7) is 7.17. The molecule has 4 heteroatoms. The molecule has 0 bridgehead atoms. The standard InChI is InChI=1S/C10H18O4/c1-5-7(3)9(11)14-8(4)10(12)13-6-2/h7-8H,5-6H2,1-4H3. The van der Waals surface area contributed by atoms with E-state index in [1.165, 1.54) is 6.92 Å². The lowest BCUT2D eigenvalue weighted by Gasteiger charge is -2.14. The zero-order valence-electron chi connectivity index (χ0n) is 9.20. The number of ether oxygens (including phenoxy) is 2. The van der Waals surface area contributed by atoms with Gasteiger partial charge in [-0.25, -0.2) is 4.79 Å². The minimum absolute atomic E-state index is 0.174. The molecule has 0 aliphatic carbocycles. The molecule has 4 nitrogen and oxygen atoms in total. The maximum absolute atomic E-state index is 11.3. The van der Waals surface area contributed by atoms with Crippen LogP contribution in [0.2, 0.25) is 0 Å². The van der Waals surface area contributed by atoms with Crippen LogP contribution in [0, 0.1) is 5.92 Å². The molecular formula is C10H18O4. The van der Waals surface area contributed by atoms with Gasteiger partial charge in [-0.15, -0.1) is 0 Å². The average Bonchev–Trinajstić information content (AvgIpc) is 2.16. The van der Waals surface area contributed by atoms with E-state index in [1.807, 2.05) is 6.92 Å². The molecular weight excluding hydrogens is 184 g/mol. The predicted octanol–water partition coefficient (Wildman–Crippen LogP) is 1.53. The van der Waals surface area contributed by atoms with Crippen LogP contribution in [0.15, 0.2) is 0 Å². The number of carbonyl (C=O) groups is 2. The monoisotopic (exact) mass is 202 g/mol. The van der Waals surface area contributed by atoms with Crippen molar-refractivity contribution < 1.29 is 19.1 Å². The molecule has 0 saturated heterocycles. The molecule has 14 heavy (non-hydrogen) atoms. The number of carbonyl (C=O) groups excluding carboxylic acids is 2. The van der Waals surface area contributed by atoms with Crippen molar-refractivity contribution in [1.82, 2.24) is 0 Å². The summed E-state index contributed by atoms with van der Waals surface area (Å²) in [5.41, 5.74) is 0. The van der Waals surface area contributed by atoms with Crippen molar-refractivity contribution in [3.05, 3.63) is 0 Å². The van der Waals surface area contributed by atoms with E-state index < -0.39 is 12.1 Å².